The molecule has 21 heavy (non-hydrogen) atoms. The molecule has 0 aliphatic rings. The van der Waals surface area contributed by atoms with Crippen molar-refractivity contribution in [2.45, 2.75) is 25.9 Å². The van der Waals surface area contributed by atoms with Crippen molar-refractivity contribution in [3.63, 3.8) is 0 Å². The van der Waals surface area contributed by atoms with E-state index < -0.39 is 12.1 Å². The lowest BCUT2D eigenvalue weighted by molar-refractivity contribution is -0.127. The van der Waals surface area contributed by atoms with Gasteiger partial charge in [0.15, 0.2) is 6.10 Å². The summed E-state index contributed by atoms with van der Waals surface area (Å²) in [7, 11) is 0. The second kappa shape index (κ2) is 9.07. The average Bonchev–Trinajstić information content (AvgIpc) is 2.42. The van der Waals surface area contributed by atoms with Gasteiger partial charge >= 0.3 is 6.03 Å². The number of carbonyl (C=O) groups is 2. The van der Waals surface area contributed by atoms with Crippen LogP contribution in [0, 0.1) is 0 Å². The molecule has 0 unspecified atom stereocenters. The van der Waals surface area contributed by atoms with Gasteiger partial charge in [-0.05, 0) is 38.0 Å². The average molecular weight is 314 g/mol. The van der Waals surface area contributed by atoms with Gasteiger partial charge in [-0.15, -0.1) is 0 Å². The van der Waals surface area contributed by atoms with Crippen LogP contribution in [0.3, 0.4) is 0 Å². The van der Waals surface area contributed by atoms with Gasteiger partial charge in [-0.2, -0.15) is 0 Å². The lowest BCUT2D eigenvalue weighted by Gasteiger charge is -2.14. The van der Waals surface area contributed by atoms with Crippen LogP contribution < -0.4 is 21.1 Å². The second-order valence-electron chi connectivity index (χ2n) is 4.51. The fraction of sp³-hybridized carbons (Fsp3) is 0.429. The van der Waals surface area contributed by atoms with E-state index >= 15 is 0 Å². The minimum atomic E-state index is -0.604. The Labute approximate surface area is 129 Å². The van der Waals surface area contributed by atoms with Gasteiger partial charge in [-0.3, -0.25) is 4.79 Å². The first-order valence-electron chi connectivity index (χ1n) is 6.72. The van der Waals surface area contributed by atoms with Crippen molar-refractivity contribution in [2.75, 3.05) is 13.1 Å². The smallest absolute Gasteiger partial charge is 0.312 e. The molecule has 0 aliphatic carbocycles. The molecular weight excluding hydrogens is 294 g/mol. The lowest BCUT2D eigenvalue weighted by atomic mass is 10.3. The summed E-state index contributed by atoms with van der Waals surface area (Å²) in [5.74, 6) is 0.355. The third-order valence-corrected chi connectivity index (χ3v) is 2.92. The van der Waals surface area contributed by atoms with E-state index in [1.165, 1.54) is 0 Å². The molecular formula is C14H20ClN3O3. The Bertz CT molecular complexity index is 482. The molecule has 0 radical (unpaired) electrons. The van der Waals surface area contributed by atoms with Crippen LogP contribution in [0.2, 0.25) is 5.02 Å². The number of benzene rings is 1. The van der Waals surface area contributed by atoms with Gasteiger partial charge in [-0.1, -0.05) is 17.7 Å². The van der Waals surface area contributed by atoms with Crippen LogP contribution in [0.4, 0.5) is 4.79 Å². The summed E-state index contributed by atoms with van der Waals surface area (Å²) < 4.78 is 5.50. The molecule has 1 rings (SSSR count). The maximum Gasteiger partial charge on any atom is 0.312 e. The first-order valence-corrected chi connectivity index (χ1v) is 7.10. The topological polar surface area (TPSA) is 93.4 Å². The van der Waals surface area contributed by atoms with Gasteiger partial charge < -0.3 is 21.1 Å². The van der Waals surface area contributed by atoms with Gasteiger partial charge in [0.1, 0.15) is 5.75 Å². The maximum absolute atomic E-state index is 11.8. The molecule has 1 aromatic rings. The summed E-state index contributed by atoms with van der Waals surface area (Å²) in [5, 5.41) is 5.81. The Morgan fingerprint density at radius 3 is 2.57 bits per heavy atom. The normalized spacial score (nSPS) is 11.5. The van der Waals surface area contributed by atoms with Crippen LogP contribution in [0.5, 0.6) is 5.75 Å². The third-order valence-electron chi connectivity index (χ3n) is 2.68. The second-order valence-corrected chi connectivity index (χ2v) is 4.94. The molecule has 0 bridgehead atoms. The molecule has 1 atom stereocenters. The van der Waals surface area contributed by atoms with E-state index in [1.807, 2.05) is 0 Å². The van der Waals surface area contributed by atoms with E-state index in [0.29, 0.717) is 23.9 Å². The Morgan fingerprint density at radius 2 is 1.95 bits per heavy atom. The van der Waals surface area contributed by atoms with Crippen LogP contribution in [-0.2, 0) is 4.79 Å². The molecule has 0 saturated heterocycles. The number of rotatable bonds is 8. The minimum absolute atomic E-state index is 0.196. The SMILES string of the molecule is C[C@@H](Oc1cccc(Cl)c1)C(=O)NCCCCNC(N)=O. The highest BCUT2D eigenvalue weighted by Gasteiger charge is 2.13. The first-order chi connectivity index (χ1) is 9.99. The zero-order valence-electron chi connectivity index (χ0n) is 11.9. The van der Waals surface area contributed by atoms with E-state index in [0.717, 1.165) is 12.8 Å². The van der Waals surface area contributed by atoms with E-state index in [-0.39, 0.29) is 5.91 Å². The molecule has 0 fully saturated rings. The van der Waals surface area contributed by atoms with Crippen molar-refractivity contribution in [1.29, 1.82) is 0 Å². The van der Waals surface area contributed by atoms with Gasteiger partial charge in [0, 0.05) is 18.1 Å². The monoisotopic (exact) mass is 313 g/mol. The fourth-order valence-electron chi connectivity index (χ4n) is 1.61. The lowest BCUT2D eigenvalue weighted by Crippen LogP contribution is -2.37. The van der Waals surface area contributed by atoms with Crippen molar-refractivity contribution in [3.05, 3.63) is 29.3 Å². The number of ether oxygens (including phenoxy) is 1. The van der Waals surface area contributed by atoms with Crippen molar-refractivity contribution in [3.8, 4) is 5.75 Å². The Kier molecular flexibility index (Phi) is 7.39. The fourth-order valence-corrected chi connectivity index (χ4v) is 1.80. The van der Waals surface area contributed by atoms with E-state index in [4.69, 9.17) is 22.1 Å². The number of hydrogen-bond acceptors (Lipinski definition) is 3. The summed E-state index contributed by atoms with van der Waals surface area (Å²) in [6, 6.07) is 6.35. The van der Waals surface area contributed by atoms with E-state index in [9.17, 15) is 9.59 Å². The van der Waals surface area contributed by atoms with Gasteiger partial charge in [0.25, 0.3) is 5.91 Å². The molecule has 1 aromatic carbocycles. The zero-order chi connectivity index (χ0) is 15.7. The van der Waals surface area contributed by atoms with Crippen LogP contribution in [-0.4, -0.2) is 31.1 Å². The molecule has 7 heteroatoms. The Balaban J connectivity index is 2.21. The van der Waals surface area contributed by atoms with E-state index in [2.05, 4.69) is 10.6 Å². The quantitative estimate of drug-likeness (QED) is 0.637. The van der Waals surface area contributed by atoms with Crippen molar-refractivity contribution in [1.82, 2.24) is 10.6 Å². The number of hydrogen-bond donors (Lipinski definition) is 3. The minimum Gasteiger partial charge on any atom is -0.481 e. The number of urea groups is 1. The molecule has 0 aliphatic heterocycles. The molecule has 6 nitrogen and oxygen atoms in total. The number of nitrogens with two attached hydrogens (primary N) is 1. The van der Waals surface area contributed by atoms with Crippen LogP contribution in [0.1, 0.15) is 19.8 Å². The summed E-state index contributed by atoms with van der Waals surface area (Å²) in [6.45, 7) is 2.69. The molecule has 4 N–H and O–H groups in total. The number of halogens is 1. The first kappa shape index (κ1) is 17.1. The number of nitrogens with one attached hydrogen (secondary N) is 2. The highest BCUT2D eigenvalue weighted by atomic mass is 35.5. The number of carbonyl (C=O) groups excluding carboxylic acids is 2. The Hall–Kier alpha value is -1.95. The predicted octanol–water partition coefficient (Wildman–Crippen LogP) is 1.67. The van der Waals surface area contributed by atoms with Crippen LogP contribution in [0.15, 0.2) is 24.3 Å². The van der Waals surface area contributed by atoms with E-state index in [1.54, 1.807) is 31.2 Å². The van der Waals surface area contributed by atoms with Gasteiger partial charge in [-0.25, -0.2) is 4.79 Å². The van der Waals surface area contributed by atoms with Gasteiger partial charge in [0.05, 0.1) is 0 Å². The van der Waals surface area contributed by atoms with Crippen molar-refractivity contribution < 1.29 is 14.3 Å². The number of amides is 3. The van der Waals surface area contributed by atoms with Crippen LogP contribution in [0.25, 0.3) is 0 Å². The summed E-state index contributed by atoms with van der Waals surface area (Å²) in [6.07, 6.45) is 0.884. The van der Waals surface area contributed by atoms with Gasteiger partial charge in [0.2, 0.25) is 0 Å². The summed E-state index contributed by atoms with van der Waals surface area (Å²) in [5.41, 5.74) is 4.93. The summed E-state index contributed by atoms with van der Waals surface area (Å²) >= 11 is 5.84. The van der Waals surface area contributed by atoms with Crippen molar-refractivity contribution >= 4 is 23.5 Å². The zero-order valence-corrected chi connectivity index (χ0v) is 12.7. The molecule has 0 spiro atoms. The third kappa shape index (κ3) is 7.41. The van der Waals surface area contributed by atoms with Crippen molar-refractivity contribution in [2.24, 2.45) is 5.73 Å². The predicted molar refractivity (Wildman–Crippen MR) is 81.4 cm³/mol. The highest BCUT2D eigenvalue weighted by molar-refractivity contribution is 6.30. The maximum atomic E-state index is 11.8. The summed E-state index contributed by atoms with van der Waals surface area (Å²) in [4.78, 5) is 22.3. The largest absolute Gasteiger partial charge is 0.481 e. The molecule has 116 valence electrons. The highest BCUT2D eigenvalue weighted by Crippen LogP contribution is 2.18. The number of primary amides is 1. The standard InChI is InChI=1S/C14H20ClN3O3/c1-10(21-12-6-4-5-11(15)9-12)13(19)17-7-2-3-8-18-14(16)20/h4-6,9-10H,2-3,7-8H2,1H3,(H,17,19)(H3,16,18,20)/t10-/m1/s1. The molecule has 0 heterocycles. The Morgan fingerprint density at radius 1 is 1.29 bits per heavy atom. The molecule has 3 amide bonds. The number of unbranched alkanes of at least 4 members (excludes halogenated alkanes) is 1. The molecule has 0 aromatic heterocycles. The molecule has 0 saturated carbocycles. The van der Waals surface area contributed by atoms with Crippen LogP contribution >= 0.6 is 11.6 Å².